The Bertz CT molecular complexity index is 778. The van der Waals surface area contributed by atoms with Gasteiger partial charge in [0.15, 0.2) is 0 Å². The van der Waals surface area contributed by atoms with Crippen LogP contribution >= 0.6 is 0 Å². The Morgan fingerprint density at radius 3 is 2.29 bits per heavy atom. The highest BCUT2D eigenvalue weighted by molar-refractivity contribution is 5.97. The summed E-state index contributed by atoms with van der Waals surface area (Å²) in [6, 6.07) is 10.8. The van der Waals surface area contributed by atoms with Gasteiger partial charge in [-0.25, -0.2) is 0 Å². The van der Waals surface area contributed by atoms with Crippen molar-refractivity contribution in [3.05, 3.63) is 65.5 Å². The molecule has 0 aliphatic rings. The van der Waals surface area contributed by atoms with E-state index in [9.17, 15) is 9.59 Å². The Balaban J connectivity index is 1.95. The summed E-state index contributed by atoms with van der Waals surface area (Å²) >= 11 is 0. The molecule has 1 heterocycles. The second-order valence-corrected chi connectivity index (χ2v) is 8.42. The van der Waals surface area contributed by atoms with Crippen molar-refractivity contribution < 1.29 is 9.59 Å². The van der Waals surface area contributed by atoms with Crippen molar-refractivity contribution >= 4 is 11.8 Å². The zero-order chi connectivity index (χ0) is 20.7. The van der Waals surface area contributed by atoms with Crippen LogP contribution in [0, 0.1) is 5.92 Å². The van der Waals surface area contributed by atoms with Crippen LogP contribution in [0.15, 0.2) is 48.8 Å². The lowest BCUT2D eigenvalue weighted by atomic mass is 9.86. The minimum absolute atomic E-state index is 0.0174. The average molecular weight is 382 g/mol. The van der Waals surface area contributed by atoms with Gasteiger partial charge in [-0.2, -0.15) is 0 Å². The standard InChI is InChI=1S/C23H31N3O2/c1-16(2)20(22(28)25-14-12-17-7-6-13-24-15-17)26-21(27)18-8-10-19(11-9-18)23(3,4)5/h6-11,13,15-16,20H,12,14H2,1-5H3,(H,25,28)(H,26,27). The number of nitrogens with one attached hydrogen (secondary N) is 2. The first kappa shape index (κ1) is 21.6. The highest BCUT2D eigenvalue weighted by atomic mass is 16.2. The molecule has 0 aliphatic carbocycles. The summed E-state index contributed by atoms with van der Waals surface area (Å²) in [5.74, 6) is -0.420. The van der Waals surface area contributed by atoms with Crippen LogP contribution in [0.2, 0.25) is 0 Å². The highest BCUT2D eigenvalue weighted by Gasteiger charge is 2.24. The molecule has 150 valence electrons. The number of amides is 2. The minimum Gasteiger partial charge on any atom is -0.354 e. The van der Waals surface area contributed by atoms with E-state index in [-0.39, 0.29) is 23.1 Å². The topological polar surface area (TPSA) is 71.1 Å². The largest absolute Gasteiger partial charge is 0.354 e. The Hall–Kier alpha value is -2.69. The smallest absolute Gasteiger partial charge is 0.251 e. The maximum absolute atomic E-state index is 12.6. The molecule has 28 heavy (non-hydrogen) atoms. The normalized spacial score (nSPS) is 12.5. The Labute approximate surface area is 168 Å². The van der Waals surface area contributed by atoms with Gasteiger partial charge in [0.1, 0.15) is 6.04 Å². The molecule has 1 atom stereocenters. The summed E-state index contributed by atoms with van der Waals surface area (Å²) in [5.41, 5.74) is 2.81. The van der Waals surface area contributed by atoms with E-state index in [0.717, 1.165) is 11.1 Å². The van der Waals surface area contributed by atoms with Gasteiger partial charge in [-0.3, -0.25) is 14.6 Å². The third kappa shape index (κ3) is 6.19. The molecule has 2 amide bonds. The van der Waals surface area contributed by atoms with Crippen molar-refractivity contribution in [2.24, 2.45) is 5.92 Å². The van der Waals surface area contributed by atoms with E-state index in [0.29, 0.717) is 18.5 Å². The molecular formula is C23H31N3O2. The molecule has 0 spiro atoms. The van der Waals surface area contributed by atoms with Crippen LogP contribution in [0.4, 0.5) is 0 Å². The molecule has 5 heteroatoms. The average Bonchev–Trinajstić information content (AvgIpc) is 2.65. The van der Waals surface area contributed by atoms with Gasteiger partial charge in [-0.05, 0) is 47.1 Å². The zero-order valence-electron chi connectivity index (χ0n) is 17.5. The lowest BCUT2D eigenvalue weighted by molar-refractivity contribution is -0.123. The van der Waals surface area contributed by atoms with Crippen LogP contribution < -0.4 is 10.6 Å². The predicted octanol–water partition coefficient (Wildman–Crippen LogP) is 3.49. The number of pyridine rings is 1. The monoisotopic (exact) mass is 381 g/mol. The van der Waals surface area contributed by atoms with Crippen molar-refractivity contribution in [1.29, 1.82) is 0 Å². The second kappa shape index (κ2) is 9.49. The number of hydrogen-bond acceptors (Lipinski definition) is 3. The third-order valence-electron chi connectivity index (χ3n) is 4.68. The molecule has 1 unspecified atom stereocenters. The number of hydrogen-bond donors (Lipinski definition) is 2. The van der Waals surface area contributed by atoms with E-state index in [4.69, 9.17) is 0 Å². The first-order valence-corrected chi connectivity index (χ1v) is 9.76. The molecule has 0 radical (unpaired) electrons. The SMILES string of the molecule is CC(C)C(NC(=O)c1ccc(C(C)(C)C)cc1)C(=O)NCCc1cccnc1. The summed E-state index contributed by atoms with van der Waals surface area (Å²) in [4.78, 5) is 29.3. The molecule has 1 aromatic heterocycles. The number of carbonyl (C=O) groups is 2. The fourth-order valence-electron chi connectivity index (χ4n) is 2.87. The van der Waals surface area contributed by atoms with E-state index in [1.165, 1.54) is 0 Å². The summed E-state index contributed by atoms with van der Waals surface area (Å²) in [6.07, 6.45) is 4.21. The van der Waals surface area contributed by atoms with Gasteiger partial charge in [-0.1, -0.05) is 52.8 Å². The first-order chi connectivity index (χ1) is 13.2. The Kier molecular flexibility index (Phi) is 7.32. The van der Waals surface area contributed by atoms with E-state index in [1.54, 1.807) is 12.4 Å². The van der Waals surface area contributed by atoms with Crippen molar-refractivity contribution in [3.8, 4) is 0 Å². The molecule has 2 rings (SSSR count). The molecule has 0 aliphatic heterocycles. The molecule has 2 N–H and O–H groups in total. The Morgan fingerprint density at radius 1 is 1.07 bits per heavy atom. The van der Waals surface area contributed by atoms with Crippen molar-refractivity contribution in [2.45, 2.75) is 52.5 Å². The van der Waals surface area contributed by atoms with Crippen LogP contribution in [0.1, 0.15) is 56.1 Å². The number of carbonyl (C=O) groups excluding carboxylic acids is 2. The molecule has 1 aromatic carbocycles. The van der Waals surface area contributed by atoms with Crippen LogP contribution in [-0.4, -0.2) is 29.4 Å². The summed E-state index contributed by atoms with van der Waals surface area (Å²) in [6.45, 7) is 10.7. The van der Waals surface area contributed by atoms with Crippen LogP contribution in [0.25, 0.3) is 0 Å². The van der Waals surface area contributed by atoms with Gasteiger partial charge in [0.2, 0.25) is 5.91 Å². The van der Waals surface area contributed by atoms with Crippen molar-refractivity contribution in [1.82, 2.24) is 15.6 Å². The van der Waals surface area contributed by atoms with Gasteiger partial charge in [0.05, 0.1) is 0 Å². The quantitative estimate of drug-likeness (QED) is 0.771. The summed E-state index contributed by atoms with van der Waals surface area (Å²) in [7, 11) is 0. The molecule has 2 aromatic rings. The molecule has 0 saturated carbocycles. The van der Waals surface area contributed by atoms with Crippen molar-refractivity contribution in [2.75, 3.05) is 6.54 Å². The number of rotatable bonds is 7. The number of benzene rings is 1. The van der Waals surface area contributed by atoms with E-state index in [2.05, 4.69) is 36.4 Å². The van der Waals surface area contributed by atoms with Crippen LogP contribution in [-0.2, 0) is 16.6 Å². The molecule has 5 nitrogen and oxygen atoms in total. The van der Waals surface area contributed by atoms with Crippen LogP contribution in [0.3, 0.4) is 0 Å². The van der Waals surface area contributed by atoms with Gasteiger partial charge < -0.3 is 10.6 Å². The van der Waals surface area contributed by atoms with Crippen molar-refractivity contribution in [3.63, 3.8) is 0 Å². The first-order valence-electron chi connectivity index (χ1n) is 9.76. The van der Waals surface area contributed by atoms with Crippen LogP contribution in [0.5, 0.6) is 0 Å². The van der Waals surface area contributed by atoms with Gasteiger partial charge in [0.25, 0.3) is 5.91 Å². The summed E-state index contributed by atoms with van der Waals surface area (Å²) < 4.78 is 0. The van der Waals surface area contributed by atoms with E-state index >= 15 is 0 Å². The Morgan fingerprint density at radius 2 is 1.75 bits per heavy atom. The number of aromatic nitrogens is 1. The molecule has 0 fully saturated rings. The molecular weight excluding hydrogens is 350 g/mol. The maximum atomic E-state index is 12.6. The predicted molar refractivity (Wildman–Crippen MR) is 112 cm³/mol. The fraction of sp³-hybridized carbons (Fsp3) is 0.435. The van der Waals surface area contributed by atoms with E-state index < -0.39 is 6.04 Å². The lowest BCUT2D eigenvalue weighted by Crippen LogP contribution is -2.50. The molecule has 0 saturated heterocycles. The lowest BCUT2D eigenvalue weighted by Gasteiger charge is -2.22. The summed E-state index contributed by atoms with van der Waals surface area (Å²) in [5, 5.41) is 5.79. The maximum Gasteiger partial charge on any atom is 0.251 e. The third-order valence-corrected chi connectivity index (χ3v) is 4.68. The fourth-order valence-corrected chi connectivity index (χ4v) is 2.87. The molecule has 0 bridgehead atoms. The van der Waals surface area contributed by atoms with Gasteiger partial charge in [-0.15, -0.1) is 0 Å². The number of nitrogens with zero attached hydrogens (tertiary/aromatic N) is 1. The van der Waals surface area contributed by atoms with E-state index in [1.807, 2.05) is 50.2 Å². The second-order valence-electron chi connectivity index (χ2n) is 8.42. The zero-order valence-corrected chi connectivity index (χ0v) is 17.5. The van der Waals surface area contributed by atoms with Gasteiger partial charge >= 0.3 is 0 Å². The minimum atomic E-state index is -0.580. The van der Waals surface area contributed by atoms with Gasteiger partial charge in [0, 0.05) is 24.5 Å². The highest BCUT2D eigenvalue weighted by Crippen LogP contribution is 2.22.